The van der Waals surface area contributed by atoms with Crippen molar-refractivity contribution < 1.29 is 36.2 Å². The van der Waals surface area contributed by atoms with Crippen molar-refractivity contribution >= 4 is 16.0 Å². The summed E-state index contributed by atoms with van der Waals surface area (Å²) in [5, 5.41) is 7.12. The van der Waals surface area contributed by atoms with Crippen LogP contribution in [-0.4, -0.2) is 86.1 Å². The SMILES string of the molecule is CS(=O)(=O)N1CC[C@@H](N2CCOCC2)[C@@H]1Cc1ccccc1.O=C(O)C(F)(F)F. The van der Waals surface area contributed by atoms with Crippen molar-refractivity contribution in [2.45, 2.75) is 31.1 Å². The van der Waals surface area contributed by atoms with E-state index < -0.39 is 22.2 Å². The number of rotatable bonds is 4. The summed E-state index contributed by atoms with van der Waals surface area (Å²) < 4.78 is 63.2. The number of benzene rings is 1. The third kappa shape index (κ3) is 6.95. The van der Waals surface area contributed by atoms with E-state index in [2.05, 4.69) is 17.0 Å². The second kappa shape index (κ2) is 9.88. The summed E-state index contributed by atoms with van der Waals surface area (Å²) in [7, 11) is -3.17. The Kier molecular flexibility index (Phi) is 8.03. The molecule has 29 heavy (non-hydrogen) atoms. The molecule has 164 valence electrons. The van der Waals surface area contributed by atoms with Crippen LogP contribution in [0.25, 0.3) is 0 Å². The summed E-state index contributed by atoms with van der Waals surface area (Å²) in [5.74, 6) is -2.76. The standard InChI is InChI=1S/C16H24N2O3S.C2HF3O2/c1-22(19,20)18-8-7-15(17-9-11-21-12-10-17)16(18)13-14-5-3-2-4-6-14;3-2(4,5)1(6)7/h2-6,15-16H,7-13H2,1H3;(H,6,7)/t15-,16+;/m1./s1. The van der Waals surface area contributed by atoms with Crippen LogP contribution in [0.15, 0.2) is 30.3 Å². The molecule has 0 amide bonds. The summed E-state index contributed by atoms with van der Waals surface area (Å²) in [6, 6.07) is 10.5. The number of sulfonamides is 1. The molecule has 2 saturated heterocycles. The maximum atomic E-state index is 12.1. The first-order valence-corrected chi connectivity index (χ1v) is 11.0. The first-order chi connectivity index (χ1) is 13.5. The molecule has 1 aromatic rings. The topological polar surface area (TPSA) is 87.2 Å². The highest BCUT2D eigenvalue weighted by molar-refractivity contribution is 7.88. The van der Waals surface area contributed by atoms with Crippen LogP contribution in [0.4, 0.5) is 13.2 Å². The number of aliphatic carboxylic acids is 1. The largest absolute Gasteiger partial charge is 0.490 e. The molecule has 2 aliphatic heterocycles. The monoisotopic (exact) mass is 438 g/mol. The maximum absolute atomic E-state index is 12.1. The van der Waals surface area contributed by atoms with Gasteiger partial charge >= 0.3 is 12.1 Å². The van der Waals surface area contributed by atoms with Gasteiger partial charge in [0.1, 0.15) is 0 Å². The van der Waals surface area contributed by atoms with Crippen LogP contribution in [0.5, 0.6) is 0 Å². The molecule has 2 heterocycles. The molecule has 2 atom stereocenters. The molecular formula is C18H25F3N2O5S. The summed E-state index contributed by atoms with van der Waals surface area (Å²) in [6.45, 7) is 3.90. The van der Waals surface area contributed by atoms with Gasteiger partial charge in [0.05, 0.1) is 19.5 Å². The number of hydrogen-bond acceptors (Lipinski definition) is 5. The molecule has 0 bridgehead atoms. The second-order valence-electron chi connectivity index (χ2n) is 6.94. The fourth-order valence-corrected chi connectivity index (χ4v) is 4.79. The zero-order chi connectivity index (χ0) is 21.7. The highest BCUT2D eigenvalue weighted by atomic mass is 32.2. The Morgan fingerprint density at radius 1 is 1.17 bits per heavy atom. The average molecular weight is 438 g/mol. The van der Waals surface area contributed by atoms with E-state index in [1.165, 1.54) is 11.8 Å². The lowest BCUT2D eigenvalue weighted by atomic mass is 9.99. The van der Waals surface area contributed by atoms with Gasteiger partial charge in [-0.15, -0.1) is 0 Å². The quantitative estimate of drug-likeness (QED) is 0.769. The smallest absolute Gasteiger partial charge is 0.475 e. The normalized spacial score (nSPS) is 24.0. The van der Waals surface area contributed by atoms with E-state index in [0.29, 0.717) is 12.6 Å². The summed E-state index contributed by atoms with van der Waals surface area (Å²) in [5.41, 5.74) is 1.20. The van der Waals surface area contributed by atoms with Crippen LogP contribution in [0, 0.1) is 0 Å². The number of hydrogen-bond donors (Lipinski definition) is 1. The predicted octanol–water partition coefficient (Wildman–Crippen LogP) is 1.60. The molecule has 11 heteroatoms. The molecular weight excluding hydrogens is 413 g/mol. The first kappa shape index (κ1) is 23.6. The number of halogens is 3. The van der Waals surface area contributed by atoms with Gasteiger partial charge < -0.3 is 9.84 Å². The zero-order valence-electron chi connectivity index (χ0n) is 16.0. The minimum Gasteiger partial charge on any atom is -0.475 e. The number of nitrogens with zero attached hydrogens (tertiary/aromatic N) is 2. The molecule has 0 aliphatic carbocycles. The highest BCUT2D eigenvalue weighted by Crippen LogP contribution is 2.28. The summed E-state index contributed by atoms with van der Waals surface area (Å²) in [6.07, 6.45) is -2.08. The molecule has 1 N–H and O–H groups in total. The molecule has 0 radical (unpaired) electrons. The van der Waals surface area contributed by atoms with E-state index in [0.717, 1.165) is 39.1 Å². The Labute approximate surface area is 168 Å². The Bertz CT molecular complexity index is 767. The Hall–Kier alpha value is -1.69. The third-order valence-corrected chi connectivity index (χ3v) is 6.24. The molecule has 1 aromatic carbocycles. The summed E-state index contributed by atoms with van der Waals surface area (Å²) >= 11 is 0. The number of carboxylic acids is 1. The Balaban J connectivity index is 0.000000370. The van der Waals surface area contributed by atoms with E-state index in [1.807, 2.05) is 18.2 Å². The molecule has 0 aromatic heterocycles. The van der Waals surface area contributed by atoms with Gasteiger partial charge in [-0.1, -0.05) is 30.3 Å². The summed E-state index contributed by atoms with van der Waals surface area (Å²) in [4.78, 5) is 11.3. The molecule has 2 fully saturated rings. The third-order valence-electron chi connectivity index (χ3n) is 4.93. The van der Waals surface area contributed by atoms with Crippen LogP contribution in [-0.2, 0) is 26.0 Å². The highest BCUT2D eigenvalue weighted by Gasteiger charge is 2.42. The van der Waals surface area contributed by atoms with Crippen molar-refractivity contribution in [3.63, 3.8) is 0 Å². The molecule has 0 spiro atoms. The number of alkyl halides is 3. The van der Waals surface area contributed by atoms with Gasteiger partial charge in [0, 0.05) is 31.7 Å². The van der Waals surface area contributed by atoms with Crippen LogP contribution in [0.2, 0.25) is 0 Å². The Morgan fingerprint density at radius 2 is 1.72 bits per heavy atom. The van der Waals surface area contributed by atoms with Crippen LogP contribution in [0.1, 0.15) is 12.0 Å². The number of ether oxygens (including phenoxy) is 1. The van der Waals surface area contributed by atoms with Gasteiger partial charge in [0.2, 0.25) is 10.0 Å². The maximum Gasteiger partial charge on any atom is 0.490 e. The fourth-order valence-electron chi connectivity index (χ4n) is 3.65. The van der Waals surface area contributed by atoms with Crippen molar-refractivity contribution in [1.29, 1.82) is 0 Å². The van der Waals surface area contributed by atoms with Gasteiger partial charge in [-0.3, -0.25) is 4.90 Å². The van der Waals surface area contributed by atoms with E-state index >= 15 is 0 Å². The zero-order valence-corrected chi connectivity index (χ0v) is 16.8. The van der Waals surface area contributed by atoms with Crippen molar-refractivity contribution in [2.75, 3.05) is 39.1 Å². The van der Waals surface area contributed by atoms with Crippen molar-refractivity contribution in [1.82, 2.24) is 9.21 Å². The van der Waals surface area contributed by atoms with E-state index in [-0.39, 0.29) is 6.04 Å². The van der Waals surface area contributed by atoms with Crippen molar-refractivity contribution in [3.05, 3.63) is 35.9 Å². The fraction of sp³-hybridized carbons (Fsp3) is 0.611. The lowest BCUT2D eigenvalue weighted by Crippen LogP contribution is -2.51. The van der Waals surface area contributed by atoms with E-state index in [1.54, 1.807) is 4.31 Å². The Morgan fingerprint density at radius 3 is 2.21 bits per heavy atom. The minimum atomic E-state index is -5.08. The number of carboxylic acid groups (broad SMARTS) is 1. The van der Waals surface area contributed by atoms with Gasteiger partial charge in [-0.25, -0.2) is 13.2 Å². The lowest BCUT2D eigenvalue weighted by Gasteiger charge is -2.37. The van der Waals surface area contributed by atoms with E-state index in [4.69, 9.17) is 14.6 Å². The van der Waals surface area contributed by atoms with Crippen molar-refractivity contribution in [3.8, 4) is 0 Å². The van der Waals surface area contributed by atoms with Gasteiger partial charge in [0.25, 0.3) is 0 Å². The molecule has 2 aliphatic rings. The molecule has 0 saturated carbocycles. The average Bonchev–Trinajstić information content (AvgIpc) is 3.07. The van der Waals surface area contributed by atoms with Gasteiger partial charge in [-0.2, -0.15) is 17.5 Å². The van der Waals surface area contributed by atoms with Gasteiger partial charge in [0.15, 0.2) is 0 Å². The number of carbonyl (C=O) groups is 1. The van der Waals surface area contributed by atoms with Crippen molar-refractivity contribution in [2.24, 2.45) is 0 Å². The number of morpholine rings is 1. The van der Waals surface area contributed by atoms with E-state index in [9.17, 15) is 21.6 Å². The lowest BCUT2D eigenvalue weighted by molar-refractivity contribution is -0.192. The molecule has 3 rings (SSSR count). The predicted molar refractivity (Wildman–Crippen MR) is 100.0 cm³/mol. The second-order valence-corrected chi connectivity index (χ2v) is 8.87. The minimum absolute atomic E-state index is 0.0236. The molecule has 0 unspecified atom stereocenters. The van der Waals surface area contributed by atoms with Crippen LogP contribution in [0.3, 0.4) is 0 Å². The van der Waals surface area contributed by atoms with Gasteiger partial charge in [-0.05, 0) is 18.4 Å². The molecule has 7 nitrogen and oxygen atoms in total. The first-order valence-electron chi connectivity index (χ1n) is 9.13. The van der Waals surface area contributed by atoms with Crippen LogP contribution >= 0.6 is 0 Å². The van der Waals surface area contributed by atoms with Crippen LogP contribution < -0.4 is 0 Å².